The summed E-state index contributed by atoms with van der Waals surface area (Å²) in [6.45, 7) is 7.21. The van der Waals surface area contributed by atoms with Crippen molar-refractivity contribution in [1.82, 2.24) is 9.97 Å². The van der Waals surface area contributed by atoms with Crippen molar-refractivity contribution in [3.05, 3.63) is 70.8 Å². The predicted octanol–water partition coefficient (Wildman–Crippen LogP) is 7.45. The minimum atomic E-state index is -0.249. The van der Waals surface area contributed by atoms with Crippen molar-refractivity contribution in [2.75, 3.05) is 6.16 Å². The molecule has 2 aromatic heterocycles. The molecule has 4 heteroatoms. The summed E-state index contributed by atoms with van der Waals surface area (Å²) in [6, 6.07) is 8.86. The third-order valence-electron chi connectivity index (χ3n) is 9.81. The summed E-state index contributed by atoms with van der Waals surface area (Å²) < 4.78 is 0. The summed E-state index contributed by atoms with van der Waals surface area (Å²) in [6.07, 6.45) is 16.4. The standard InChI is InChI=1S/C29H40N2P2/c1-27(2,3)21-13-22(28-15-18-10-19(16-28)12-20(11-18)24(28)17-32)23(14-21)29(33,25-6-4-8-30-25)26-7-5-9-31-26/h4-9,13,18-20,24,30-31H,10-12,14-17,32-33H2,1-3H3. The minimum absolute atomic E-state index is 0.183. The van der Waals surface area contributed by atoms with Crippen LogP contribution >= 0.6 is 18.5 Å². The lowest BCUT2D eigenvalue weighted by atomic mass is 9.43. The Morgan fingerprint density at radius 3 is 2.06 bits per heavy atom. The molecule has 4 saturated carbocycles. The Balaban J connectivity index is 1.59. The Kier molecular flexibility index (Phi) is 5.22. The highest BCUT2D eigenvalue weighted by molar-refractivity contribution is 7.19. The van der Waals surface area contributed by atoms with Crippen LogP contribution in [0.5, 0.6) is 0 Å². The highest BCUT2D eigenvalue weighted by Gasteiger charge is 2.59. The molecule has 5 unspecified atom stereocenters. The first-order valence-corrected chi connectivity index (χ1v) is 14.4. The second-order valence-corrected chi connectivity index (χ2v) is 13.9. The Hall–Kier alpha value is -1.10. The van der Waals surface area contributed by atoms with Gasteiger partial charge in [-0.15, -0.1) is 18.5 Å². The molecule has 2 aromatic rings. The number of aromatic nitrogens is 2. The molecule has 5 aliphatic carbocycles. The van der Waals surface area contributed by atoms with Crippen molar-refractivity contribution in [2.24, 2.45) is 34.5 Å². The summed E-state index contributed by atoms with van der Waals surface area (Å²) in [7, 11) is 6.48. The van der Waals surface area contributed by atoms with Gasteiger partial charge in [-0.2, -0.15) is 0 Å². The van der Waals surface area contributed by atoms with Gasteiger partial charge in [0.15, 0.2) is 0 Å². The topological polar surface area (TPSA) is 31.6 Å². The maximum Gasteiger partial charge on any atom is 0.0858 e. The molecule has 5 atom stereocenters. The summed E-state index contributed by atoms with van der Waals surface area (Å²) in [5, 5.41) is -0.249. The molecule has 0 saturated heterocycles. The van der Waals surface area contributed by atoms with Gasteiger partial charge in [-0.25, -0.2) is 0 Å². The second-order valence-electron chi connectivity index (χ2n) is 12.6. The van der Waals surface area contributed by atoms with Gasteiger partial charge in [0, 0.05) is 23.8 Å². The average molecular weight is 479 g/mol. The third-order valence-corrected chi connectivity index (χ3v) is 11.3. The van der Waals surface area contributed by atoms with Crippen molar-refractivity contribution >= 4 is 18.5 Å². The van der Waals surface area contributed by atoms with Crippen LogP contribution in [0.15, 0.2) is 59.5 Å². The van der Waals surface area contributed by atoms with Crippen LogP contribution in [0.3, 0.4) is 0 Å². The molecular formula is C29H40N2P2. The van der Waals surface area contributed by atoms with E-state index in [2.05, 4.69) is 92.0 Å². The molecule has 4 bridgehead atoms. The Morgan fingerprint density at radius 2 is 1.58 bits per heavy atom. The number of aromatic amines is 2. The van der Waals surface area contributed by atoms with Gasteiger partial charge in [0.05, 0.1) is 5.16 Å². The number of rotatable bonds is 5. The number of hydrogen-bond acceptors (Lipinski definition) is 0. The van der Waals surface area contributed by atoms with E-state index in [1.165, 1.54) is 49.7 Å². The molecule has 4 fully saturated rings. The highest BCUT2D eigenvalue weighted by atomic mass is 31.0. The first kappa shape index (κ1) is 22.4. The van der Waals surface area contributed by atoms with E-state index < -0.39 is 0 Å². The molecule has 2 N–H and O–H groups in total. The zero-order valence-corrected chi connectivity index (χ0v) is 22.8. The van der Waals surface area contributed by atoms with Gasteiger partial charge in [-0.05, 0) is 115 Å². The van der Waals surface area contributed by atoms with Crippen molar-refractivity contribution in [2.45, 2.75) is 64.5 Å². The summed E-state index contributed by atoms with van der Waals surface area (Å²) >= 11 is 0. The van der Waals surface area contributed by atoms with E-state index in [4.69, 9.17) is 0 Å². The zero-order valence-electron chi connectivity index (χ0n) is 20.5. The van der Waals surface area contributed by atoms with Gasteiger partial charge >= 0.3 is 0 Å². The largest absolute Gasteiger partial charge is 0.364 e. The fraction of sp³-hybridized carbons (Fsp3) is 0.586. The lowest BCUT2D eigenvalue weighted by molar-refractivity contribution is -0.0764. The van der Waals surface area contributed by atoms with Gasteiger partial charge < -0.3 is 9.97 Å². The van der Waals surface area contributed by atoms with Crippen LogP contribution in [0.2, 0.25) is 0 Å². The first-order chi connectivity index (χ1) is 15.8. The van der Waals surface area contributed by atoms with E-state index in [0.29, 0.717) is 5.41 Å². The maximum atomic E-state index is 3.61. The van der Waals surface area contributed by atoms with Crippen LogP contribution in [-0.2, 0) is 5.16 Å². The van der Waals surface area contributed by atoms with Crippen molar-refractivity contribution in [3.8, 4) is 0 Å². The highest BCUT2D eigenvalue weighted by Crippen LogP contribution is 2.69. The molecule has 0 amide bonds. The van der Waals surface area contributed by atoms with Gasteiger partial charge in [0.1, 0.15) is 0 Å². The molecule has 2 nitrogen and oxygen atoms in total. The summed E-state index contributed by atoms with van der Waals surface area (Å²) in [4.78, 5) is 7.23. The molecule has 0 aliphatic heterocycles. The predicted molar refractivity (Wildman–Crippen MR) is 145 cm³/mol. The third kappa shape index (κ3) is 3.27. The lowest BCUT2D eigenvalue weighted by Crippen LogP contribution is -2.54. The van der Waals surface area contributed by atoms with Crippen molar-refractivity contribution in [3.63, 3.8) is 0 Å². The molecule has 5 aliphatic rings. The van der Waals surface area contributed by atoms with Gasteiger partial charge in [-0.3, -0.25) is 0 Å². The quantitative estimate of drug-likeness (QED) is 0.418. The molecule has 2 heterocycles. The monoisotopic (exact) mass is 478 g/mol. The number of allylic oxidation sites excluding steroid dienone is 4. The second kappa shape index (κ2) is 7.70. The maximum absolute atomic E-state index is 3.61. The number of H-pyrrole nitrogens is 2. The Morgan fingerprint density at radius 1 is 0.970 bits per heavy atom. The van der Waals surface area contributed by atoms with Gasteiger partial charge in [-0.1, -0.05) is 32.4 Å². The SMILES string of the molecule is CC(C)(C)C1=CC(C23CC4CC(CC(C4)C2CP)C3)=C(C(P)(c2ccc[nH]2)c2ccc[nH]2)C1. The summed E-state index contributed by atoms with van der Waals surface area (Å²) in [5.41, 5.74) is 8.01. The molecule has 0 spiro atoms. The Bertz CT molecular complexity index is 1040. The van der Waals surface area contributed by atoms with E-state index in [0.717, 1.165) is 30.1 Å². The van der Waals surface area contributed by atoms with Crippen molar-refractivity contribution < 1.29 is 0 Å². The fourth-order valence-corrected chi connectivity index (χ4v) is 9.93. The van der Waals surface area contributed by atoms with Crippen LogP contribution in [0.4, 0.5) is 0 Å². The first-order valence-electron chi connectivity index (χ1n) is 13.0. The number of nitrogens with one attached hydrogen (secondary N) is 2. The average Bonchev–Trinajstić information content (AvgIpc) is 3.54. The van der Waals surface area contributed by atoms with Crippen LogP contribution in [0, 0.1) is 34.5 Å². The zero-order chi connectivity index (χ0) is 23.0. The Labute approximate surface area is 204 Å². The van der Waals surface area contributed by atoms with Gasteiger partial charge in [0.25, 0.3) is 0 Å². The van der Waals surface area contributed by atoms with Crippen LogP contribution in [0.1, 0.15) is 70.7 Å². The molecule has 0 aromatic carbocycles. The molecule has 7 rings (SSSR count). The molecule has 0 radical (unpaired) electrons. The smallest absolute Gasteiger partial charge is 0.0858 e. The van der Waals surface area contributed by atoms with E-state index in [-0.39, 0.29) is 10.6 Å². The van der Waals surface area contributed by atoms with E-state index >= 15 is 0 Å². The molecule has 33 heavy (non-hydrogen) atoms. The normalized spacial score (nSPS) is 33.8. The van der Waals surface area contributed by atoms with Gasteiger partial charge in [0.2, 0.25) is 0 Å². The number of hydrogen-bond donors (Lipinski definition) is 2. The van der Waals surface area contributed by atoms with E-state index in [1.54, 1.807) is 16.7 Å². The van der Waals surface area contributed by atoms with Crippen LogP contribution < -0.4 is 0 Å². The lowest BCUT2D eigenvalue weighted by Gasteiger charge is -2.62. The van der Waals surface area contributed by atoms with E-state index in [1.807, 2.05) is 0 Å². The van der Waals surface area contributed by atoms with Crippen LogP contribution in [-0.4, -0.2) is 16.1 Å². The van der Waals surface area contributed by atoms with Crippen molar-refractivity contribution in [1.29, 1.82) is 0 Å². The molecular weight excluding hydrogens is 438 g/mol. The summed E-state index contributed by atoms with van der Waals surface area (Å²) in [5.74, 6) is 3.60. The van der Waals surface area contributed by atoms with Crippen LogP contribution in [0.25, 0.3) is 0 Å². The fourth-order valence-electron chi connectivity index (χ4n) is 8.48. The minimum Gasteiger partial charge on any atom is -0.364 e. The van der Waals surface area contributed by atoms with E-state index in [9.17, 15) is 0 Å². The molecule has 176 valence electrons.